The summed E-state index contributed by atoms with van der Waals surface area (Å²) in [6.07, 6.45) is 3.32. The minimum atomic E-state index is -1.82. The van der Waals surface area contributed by atoms with Crippen molar-refractivity contribution in [2.45, 2.75) is 46.1 Å². The molecular weight excluding hydrogens is 295 g/mol. The van der Waals surface area contributed by atoms with Crippen molar-refractivity contribution in [1.29, 1.82) is 0 Å². The Hall–Kier alpha value is 0.867. The fourth-order valence-electron chi connectivity index (χ4n) is 0.994. The fourth-order valence-corrected chi connectivity index (χ4v) is 5.92. The molecule has 0 saturated carbocycles. The summed E-state index contributed by atoms with van der Waals surface area (Å²) < 4.78 is 11.6. The molecule has 0 aromatic rings. The normalized spacial score (nSPS) is 12.0. The molecule has 0 atom stereocenters. The maximum atomic E-state index is 5.82. The second-order valence-corrected chi connectivity index (χ2v) is 10.4. The molecule has 0 aromatic carbocycles. The lowest BCUT2D eigenvalue weighted by Gasteiger charge is -2.24. The fraction of sp³-hybridized carbons (Fsp3) is 1.00. The molecule has 0 aliphatic carbocycles. The van der Waals surface area contributed by atoms with Crippen LogP contribution in [-0.4, -0.2) is 19.3 Å². The first kappa shape index (κ1) is 13.9. The Labute approximate surface area is 95.8 Å². The summed E-state index contributed by atoms with van der Waals surface area (Å²) in [5.74, 6) is 0. The molecule has 0 amide bonds. The highest BCUT2D eigenvalue weighted by molar-refractivity contribution is 14.1. The van der Waals surface area contributed by atoms with Crippen LogP contribution in [-0.2, 0) is 8.85 Å². The predicted molar refractivity (Wildman–Crippen MR) is 67.4 cm³/mol. The van der Waals surface area contributed by atoms with E-state index in [0.717, 1.165) is 38.5 Å². The summed E-state index contributed by atoms with van der Waals surface area (Å²) in [6, 6.07) is -0.717. The van der Waals surface area contributed by atoms with Gasteiger partial charge in [0.05, 0.1) is 0 Å². The summed E-state index contributed by atoms with van der Waals surface area (Å²) in [5, 5.41) is 0. The average molecular weight is 316 g/mol. The van der Waals surface area contributed by atoms with Crippen LogP contribution >= 0.6 is 21.8 Å². The van der Waals surface area contributed by atoms with Crippen LogP contribution in [0.2, 0.25) is 6.04 Å². The van der Waals surface area contributed by atoms with Gasteiger partial charge in [-0.25, -0.2) is 0 Å². The monoisotopic (exact) mass is 316 g/mol. The van der Waals surface area contributed by atoms with Crippen molar-refractivity contribution in [1.82, 2.24) is 0 Å². The molecule has 0 spiro atoms. The maximum absolute atomic E-state index is 5.82. The molecule has 0 rings (SSSR count). The van der Waals surface area contributed by atoms with Gasteiger partial charge < -0.3 is 8.85 Å². The predicted octanol–water partition coefficient (Wildman–Crippen LogP) is 3.62. The average Bonchev–Trinajstić information content (AvgIpc) is 2.12. The second kappa shape index (κ2) is 8.20. The number of hydrogen-bond donors (Lipinski definition) is 0. The third kappa shape index (κ3) is 6.87. The van der Waals surface area contributed by atoms with Crippen molar-refractivity contribution in [2.75, 3.05) is 13.2 Å². The highest BCUT2D eigenvalue weighted by Crippen LogP contribution is 2.23. The molecule has 80 valence electrons. The molecule has 2 nitrogen and oxygen atoms in total. The van der Waals surface area contributed by atoms with Crippen LogP contribution in [0.5, 0.6) is 0 Å². The van der Waals surface area contributed by atoms with Crippen LogP contribution < -0.4 is 0 Å². The molecule has 0 fully saturated rings. The van der Waals surface area contributed by atoms with E-state index in [-0.39, 0.29) is 0 Å². The quantitative estimate of drug-likeness (QED) is 0.387. The zero-order chi connectivity index (χ0) is 10.2. The van der Waals surface area contributed by atoms with Gasteiger partial charge in [0.15, 0.2) is 0 Å². The van der Waals surface area contributed by atoms with E-state index in [1.54, 1.807) is 0 Å². The lowest BCUT2D eigenvalue weighted by atomic mass is 10.5. The Morgan fingerprint density at radius 3 is 1.69 bits per heavy atom. The Kier molecular flexibility index (Phi) is 8.74. The summed E-state index contributed by atoms with van der Waals surface area (Å²) in [7, 11) is 0. The van der Waals surface area contributed by atoms with Crippen molar-refractivity contribution in [3.8, 4) is 0 Å². The summed E-state index contributed by atoms with van der Waals surface area (Å²) in [6.45, 7) is 8.15. The molecule has 0 bridgehead atoms. The molecule has 0 aliphatic heterocycles. The van der Waals surface area contributed by atoms with Gasteiger partial charge in [0.25, 0.3) is 0 Å². The van der Waals surface area contributed by atoms with Crippen LogP contribution in [0.3, 0.4) is 0 Å². The molecule has 0 aliphatic rings. The third-order valence-corrected chi connectivity index (χ3v) is 7.45. The Morgan fingerprint density at radius 2 is 1.38 bits per heavy atom. The zero-order valence-corrected chi connectivity index (χ0v) is 12.1. The highest BCUT2D eigenvalue weighted by Gasteiger charge is 2.32. The van der Waals surface area contributed by atoms with Crippen molar-refractivity contribution < 1.29 is 8.85 Å². The van der Waals surface area contributed by atoms with E-state index in [0.29, 0.717) is 0 Å². The topological polar surface area (TPSA) is 18.5 Å². The van der Waals surface area contributed by atoms with Crippen LogP contribution in [0.4, 0.5) is 0 Å². The van der Waals surface area contributed by atoms with E-state index in [4.69, 9.17) is 8.85 Å². The van der Waals surface area contributed by atoms with Gasteiger partial charge >= 0.3 is 6.06 Å². The standard InChI is InChI=1S/C9H21IO2Si/c1-4-7-11-13(10,9-6-3)12-8-5-2/h4-9H2,1-3H3. The van der Waals surface area contributed by atoms with Gasteiger partial charge in [0.2, 0.25) is 0 Å². The van der Waals surface area contributed by atoms with E-state index >= 15 is 0 Å². The van der Waals surface area contributed by atoms with E-state index in [9.17, 15) is 0 Å². The lowest BCUT2D eigenvalue weighted by molar-refractivity contribution is 0.192. The zero-order valence-electron chi connectivity index (χ0n) is 8.94. The number of halogens is 1. The first-order valence-electron chi connectivity index (χ1n) is 5.15. The van der Waals surface area contributed by atoms with Crippen molar-refractivity contribution in [3.63, 3.8) is 0 Å². The van der Waals surface area contributed by atoms with Crippen LogP contribution in [0.15, 0.2) is 0 Å². The van der Waals surface area contributed by atoms with E-state index < -0.39 is 6.06 Å². The van der Waals surface area contributed by atoms with Crippen molar-refractivity contribution in [3.05, 3.63) is 0 Å². The molecular formula is C9H21IO2Si. The van der Waals surface area contributed by atoms with Gasteiger partial charge in [-0.15, -0.1) is 0 Å². The van der Waals surface area contributed by atoms with Gasteiger partial charge in [-0.1, -0.05) is 27.2 Å². The minimum absolute atomic E-state index is 0.846. The van der Waals surface area contributed by atoms with Gasteiger partial charge in [0.1, 0.15) is 0 Å². The van der Waals surface area contributed by atoms with Gasteiger partial charge in [-0.2, -0.15) is 0 Å². The number of rotatable bonds is 8. The van der Waals surface area contributed by atoms with E-state index in [2.05, 4.69) is 42.6 Å². The molecule has 0 radical (unpaired) electrons. The van der Waals surface area contributed by atoms with Crippen molar-refractivity contribution >= 4 is 27.9 Å². The molecule has 13 heavy (non-hydrogen) atoms. The minimum Gasteiger partial charge on any atom is -0.387 e. The Balaban J connectivity index is 3.84. The third-order valence-electron chi connectivity index (χ3n) is 1.59. The van der Waals surface area contributed by atoms with Gasteiger partial charge in [-0.3, -0.25) is 0 Å². The molecule has 4 heteroatoms. The summed E-state index contributed by atoms with van der Waals surface area (Å²) >= 11 is 2.42. The molecule has 0 heterocycles. The van der Waals surface area contributed by atoms with Crippen molar-refractivity contribution in [2.24, 2.45) is 0 Å². The summed E-state index contributed by atoms with van der Waals surface area (Å²) in [5.41, 5.74) is 0. The lowest BCUT2D eigenvalue weighted by Crippen LogP contribution is -2.35. The largest absolute Gasteiger partial charge is 0.407 e. The molecule has 0 saturated heterocycles. The van der Waals surface area contributed by atoms with Gasteiger partial charge in [0, 0.05) is 19.3 Å². The molecule has 0 unspecified atom stereocenters. The highest BCUT2D eigenvalue weighted by atomic mass is 127. The first-order valence-corrected chi connectivity index (χ1v) is 10.3. The first-order chi connectivity index (χ1) is 6.18. The van der Waals surface area contributed by atoms with E-state index in [1.807, 2.05) is 0 Å². The summed E-state index contributed by atoms with van der Waals surface area (Å²) in [4.78, 5) is 0. The molecule has 0 N–H and O–H groups in total. The van der Waals surface area contributed by atoms with Gasteiger partial charge in [-0.05, 0) is 34.6 Å². The van der Waals surface area contributed by atoms with Crippen LogP contribution in [0.1, 0.15) is 40.0 Å². The Bertz CT molecular complexity index is 114. The SMILES string of the molecule is CCCO[Si](I)(CCC)OCCC. The van der Waals surface area contributed by atoms with Crippen LogP contribution in [0, 0.1) is 0 Å². The van der Waals surface area contributed by atoms with E-state index in [1.165, 1.54) is 0 Å². The molecule has 0 aromatic heterocycles. The smallest absolute Gasteiger partial charge is 0.387 e. The number of hydrogen-bond acceptors (Lipinski definition) is 2. The second-order valence-electron chi connectivity index (χ2n) is 3.11. The Morgan fingerprint density at radius 1 is 0.923 bits per heavy atom. The van der Waals surface area contributed by atoms with Crippen LogP contribution in [0.25, 0.3) is 0 Å². The maximum Gasteiger partial charge on any atom is 0.407 e.